The van der Waals surface area contributed by atoms with E-state index in [9.17, 15) is 0 Å². The molecule has 2 aromatic rings. The Balaban J connectivity index is 2.66. The molecular formula is C12H14N2O. The third-order valence-electron chi connectivity index (χ3n) is 2.34. The molecule has 1 aromatic carbocycles. The first-order valence-corrected chi connectivity index (χ1v) is 5.06. The Kier molecular flexibility index (Phi) is 2.83. The molecule has 3 heteroatoms. The summed E-state index contributed by atoms with van der Waals surface area (Å²) in [7, 11) is 0. The first kappa shape index (κ1) is 9.93. The van der Waals surface area contributed by atoms with Crippen LogP contribution in [0, 0.1) is 0 Å². The van der Waals surface area contributed by atoms with Gasteiger partial charge in [-0.3, -0.25) is 0 Å². The Morgan fingerprint density at radius 3 is 2.67 bits per heavy atom. The fraction of sp³-hybridized carbons (Fsp3) is 0.250. The third-order valence-corrected chi connectivity index (χ3v) is 2.34. The number of fused-ring (bicyclic) bond motifs is 1. The van der Waals surface area contributed by atoms with E-state index in [1.807, 2.05) is 31.2 Å². The van der Waals surface area contributed by atoms with Gasteiger partial charge in [-0.2, -0.15) is 0 Å². The van der Waals surface area contributed by atoms with E-state index in [-0.39, 0.29) is 0 Å². The van der Waals surface area contributed by atoms with E-state index in [1.165, 1.54) is 0 Å². The van der Waals surface area contributed by atoms with E-state index in [0.29, 0.717) is 19.0 Å². The predicted octanol–water partition coefficient (Wildman–Crippen LogP) is 2.09. The van der Waals surface area contributed by atoms with Crippen LogP contribution in [0.1, 0.15) is 12.5 Å². The third kappa shape index (κ3) is 1.78. The molecule has 0 spiro atoms. The molecule has 15 heavy (non-hydrogen) atoms. The number of hydrogen-bond donors (Lipinski definition) is 1. The summed E-state index contributed by atoms with van der Waals surface area (Å²) in [6.45, 7) is 3.08. The highest BCUT2D eigenvalue weighted by Crippen LogP contribution is 2.25. The summed E-state index contributed by atoms with van der Waals surface area (Å²) in [5, 5.41) is 2.15. The van der Waals surface area contributed by atoms with Crippen molar-refractivity contribution < 1.29 is 4.74 Å². The van der Waals surface area contributed by atoms with Crippen LogP contribution in [0.15, 0.2) is 30.5 Å². The van der Waals surface area contributed by atoms with Crippen molar-refractivity contribution in [1.82, 2.24) is 4.98 Å². The maximum absolute atomic E-state index is 5.66. The van der Waals surface area contributed by atoms with Crippen LogP contribution in [0.3, 0.4) is 0 Å². The van der Waals surface area contributed by atoms with Crippen LogP contribution in [0.25, 0.3) is 10.8 Å². The number of nitrogens with two attached hydrogens (primary N) is 1. The molecule has 2 rings (SSSR count). The van der Waals surface area contributed by atoms with E-state index in [0.717, 1.165) is 16.3 Å². The molecule has 0 unspecified atom stereocenters. The first-order valence-electron chi connectivity index (χ1n) is 5.06. The van der Waals surface area contributed by atoms with E-state index in [4.69, 9.17) is 10.5 Å². The van der Waals surface area contributed by atoms with Crippen LogP contribution in [0.5, 0.6) is 5.88 Å². The quantitative estimate of drug-likeness (QED) is 0.829. The molecule has 0 bridgehead atoms. The molecule has 2 N–H and O–H groups in total. The average molecular weight is 202 g/mol. The number of ether oxygens (including phenoxy) is 1. The number of rotatable bonds is 3. The van der Waals surface area contributed by atoms with Crippen molar-refractivity contribution in [2.75, 3.05) is 6.61 Å². The lowest BCUT2D eigenvalue weighted by atomic mass is 10.1. The van der Waals surface area contributed by atoms with Gasteiger partial charge in [0.25, 0.3) is 0 Å². The second-order valence-electron chi connectivity index (χ2n) is 3.27. The van der Waals surface area contributed by atoms with Crippen molar-refractivity contribution in [1.29, 1.82) is 0 Å². The Labute approximate surface area is 88.9 Å². The number of aromatic nitrogens is 1. The van der Waals surface area contributed by atoms with Crippen molar-refractivity contribution in [2.24, 2.45) is 5.73 Å². The maximum Gasteiger partial charge on any atom is 0.221 e. The molecule has 0 atom stereocenters. The van der Waals surface area contributed by atoms with Crippen LogP contribution in [0.2, 0.25) is 0 Å². The molecule has 1 aromatic heterocycles. The van der Waals surface area contributed by atoms with Crippen molar-refractivity contribution in [2.45, 2.75) is 13.5 Å². The predicted molar refractivity (Wildman–Crippen MR) is 60.8 cm³/mol. The largest absolute Gasteiger partial charge is 0.478 e. The van der Waals surface area contributed by atoms with Gasteiger partial charge in [-0.1, -0.05) is 18.2 Å². The number of hydrogen-bond acceptors (Lipinski definition) is 3. The van der Waals surface area contributed by atoms with Crippen molar-refractivity contribution >= 4 is 10.8 Å². The molecule has 0 saturated carbocycles. The molecule has 0 radical (unpaired) electrons. The normalized spacial score (nSPS) is 10.5. The van der Waals surface area contributed by atoms with Crippen LogP contribution in [-0.4, -0.2) is 11.6 Å². The first-order chi connectivity index (χ1) is 7.36. The lowest BCUT2D eigenvalue weighted by Gasteiger charge is -2.08. The summed E-state index contributed by atoms with van der Waals surface area (Å²) < 4.78 is 5.47. The van der Waals surface area contributed by atoms with Crippen molar-refractivity contribution in [3.63, 3.8) is 0 Å². The molecule has 0 fully saturated rings. The molecule has 0 aliphatic heterocycles. The smallest absolute Gasteiger partial charge is 0.221 e. The zero-order chi connectivity index (χ0) is 10.7. The molecule has 0 saturated heterocycles. The lowest BCUT2D eigenvalue weighted by Crippen LogP contribution is -2.01. The Morgan fingerprint density at radius 2 is 2.00 bits per heavy atom. The van der Waals surface area contributed by atoms with E-state index in [1.54, 1.807) is 6.20 Å². The minimum absolute atomic E-state index is 0.500. The van der Waals surface area contributed by atoms with Gasteiger partial charge in [0, 0.05) is 18.1 Å². The van der Waals surface area contributed by atoms with Gasteiger partial charge in [-0.05, 0) is 23.9 Å². The minimum Gasteiger partial charge on any atom is -0.478 e. The SMILES string of the molecule is CCOc1ncc(CN)c2ccccc12. The van der Waals surface area contributed by atoms with Crippen LogP contribution >= 0.6 is 0 Å². The second-order valence-corrected chi connectivity index (χ2v) is 3.27. The highest BCUT2D eigenvalue weighted by Gasteiger charge is 2.05. The fourth-order valence-electron chi connectivity index (χ4n) is 1.64. The topological polar surface area (TPSA) is 48.1 Å². The zero-order valence-corrected chi connectivity index (χ0v) is 8.73. The molecule has 3 nitrogen and oxygen atoms in total. The Morgan fingerprint density at radius 1 is 1.27 bits per heavy atom. The zero-order valence-electron chi connectivity index (χ0n) is 8.73. The van der Waals surface area contributed by atoms with Gasteiger partial charge in [0.1, 0.15) is 0 Å². The minimum atomic E-state index is 0.500. The highest BCUT2D eigenvalue weighted by atomic mass is 16.5. The summed E-state index contributed by atoms with van der Waals surface area (Å²) in [4.78, 5) is 4.27. The van der Waals surface area contributed by atoms with Gasteiger partial charge in [0.15, 0.2) is 0 Å². The number of nitrogens with zero attached hydrogens (tertiary/aromatic N) is 1. The number of pyridine rings is 1. The summed E-state index contributed by atoms with van der Waals surface area (Å²) in [6.07, 6.45) is 1.79. The number of benzene rings is 1. The van der Waals surface area contributed by atoms with Gasteiger partial charge in [0.2, 0.25) is 5.88 Å². The van der Waals surface area contributed by atoms with E-state index >= 15 is 0 Å². The van der Waals surface area contributed by atoms with Gasteiger partial charge in [0.05, 0.1) is 6.61 Å². The van der Waals surface area contributed by atoms with Gasteiger partial charge < -0.3 is 10.5 Å². The summed E-state index contributed by atoms with van der Waals surface area (Å²) >= 11 is 0. The summed E-state index contributed by atoms with van der Waals surface area (Å²) in [5.74, 6) is 0.685. The van der Waals surface area contributed by atoms with Crippen LogP contribution < -0.4 is 10.5 Å². The molecule has 0 aliphatic carbocycles. The Hall–Kier alpha value is -1.61. The van der Waals surface area contributed by atoms with Crippen molar-refractivity contribution in [3.05, 3.63) is 36.0 Å². The van der Waals surface area contributed by atoms with Gasteiger partial charge in [-0.15, -0.1) is 0 Å². The maximum atomic E-state index is 5.66. The van der Waals surface area contributed by atoms with Crippen molar-refractivity contribution in [3.8, 4) is 5.88 Å². The summed E-state index contributed by atoms with van der Waals surface area (Å²) in [5.41, 5.74) is 6.71. The second kappa shape index (κ2) is 4.28. The van der Waals surface area contributed by atoms with E-state index in [2.05, 4.69) is 4.98 Å². The van der Waals surface area contributed by atoms with Crippen LogP contribution in [-0.2, 0) is 6.54 Å². The lowest BCUT2D eigenvalue weighted by molar-refractivity contribution is 0.331. The molecule has 0 aliphatic rings. The average Bonchev–Trinajstić information content (AvgIpc) is 2.30. The molecule has 1 heterocycles. The molecule has 78 valence electrons. The molecular weight excluding hydrogens is 188 g/mol. The standard InChI is InChI=1S/C12H14N2O/c1-2-15-12-11-6-4-3-5-10(11)9(7-13)8-14-12/h3-6,8H,2,7,13H2,1H3. The summed E-state index contributed by atoms with van der Waals surface area (Å²) in [6, 6.07) is 8.03. The highest BCUT2D eigenvalue weighted by molar-refractivity contribution is 5.89. The fourth-order valence-corrected chi connectivity index (χ4v) is 1.64. The monoisotopic (exact) mass is 202 g/mol. The molecule has 0 amide bonds. The Bertz CT molecular complexity index is 468. The van der Waals surface area contributed by atoms with E-state index < -0.39 is 0 Å². The van der Waals surface area contributed by atoms with Gasteiger partial charge >= 0.3 is 0 Å². The van der Waals surface area contributed by atoms with Crippen LogP contribution in [0.4, 0.5) is 0 Å². The van der Waals surface area contributed by atoms with Gasteiger partial charge in [-0.25, -0.2) is 4.98 Å².